The Morgan fingerprint density at radius 1 is 0.912 bits per heavy atom. The summed E-state index contributed by atoms with van der Waals surface area (Å²) in [5.41, 5.74) is 16.7. The molecule has 0 aromatic heterocycles. The minimum absolute atomic E-state index is 0.00135. The normalized spacial score (nSPS) is 14.9. The molecule has 13 nitrogen and oxygen atoms in total. The molecular weight excluding hydrogens is 446 g/mol. The third-order valence-corrected chi connectivity index (χ3v) is 4.96. The van der Waals surface area contributed by atoms with Gasteiger partial charge in [-0.15, -0.1) is 0 Å². The Morgan fingerprint density at radius 3 is 2.06 bits per heavy atom. The lowest BCUT2D eigenvalue weighted by molar-refractivity contribution is -0.133. The van der Waals surface area contributed by atoms with Crippen LogP contribution in [-0.2, 0) is 28.8 Å². The first kappa shape index (κ1) is 28.4. The van der Waals surface area contributed by atoms with Crippen molar-refractivity contribution in [2.45, 2.75) is 70.0 Å². The molecule has 0 spiro atoms. The molecule has 1 aliphatic rings. The van der Waals surface area contributed by atoms with Gasteiger partial charge in [-0.25, -0.2) is 0 Å². The van der Waals surface area contributed by atoms with Gasteiger partial charge in [0.2, 0.25) is 29.5 Å². The van der Waals surface area contributed by atoms with Crippen LogP contribution < -0.4 is 33.2 Å². The third kappa shape index (κ3) is 10.8. The van der Waals surface area contributed by atoms with Gasteiger partial charge in [0.05, 0.1) is 0 Å². The average Bonchev–Trinajstić information content (AvgIpc) is 3.26. The molecule has 0 fully saturated rings. The van der Waals surface area contributed by atoms with Crippen molar-refractivity contribution in [3.63, 3.8) is 0 Å². The van der Waals surface area contributed by atoms with E-state index >= 15 is 0 Å². The molecule has 3 atom stereocenters. The van der Waals surface area contributed by atoms with E-state index in [-0.39, 0.29) is 50.9 Å². The number of amides is 5. The molecule has 1 rings (SSSR count). The van der Waals surface area contributed by atoms with E-state index in [0.717, 1.165) is 5.57 Å². The van der Waals surface area contributed by atoms with E-state index in [0.29, 0.717) is 6.42 Å². The smallest absolute Gasteiger partial charge is 0.243 e. The van der Waals surface area contributed by atoms with Gasteiger partial charge < -0.3 is 37.9 Å². The highest BCUT2D eigenvalue weighted by Crippen LogP contribution is 2.14. The number of hydrogen-bond donors (Lipinski definition) is 6. The summed E-state index contributed by atoms with van der Waals surface area (Å²) in [6, 6.07) is -3.42. The van der Waals surface area contributed by atoms with Crippen molar-refractivity contribution in [2.75, 3.05) is 6.54 Å². The molecule has 1 heterocycles. The second kappa shape index (κ2) is 14.5. The summed E-state index contributed by atoms with van der Waals surface area (Å²) >= 11 is 0. The first-order chi connectivity index (χ1) is 16.0. The highest BCUT2D eigenvalue weighted by Gasteiger charge is 2.30. The standard InChI is InChI=1S/C21H33N7O6/c1-12(29)2-3-14(19(24)32)27-20(33)15(4-5-17(23)30)28-21(34)16(26-18(31)6-8-22)10-13-7-9-25-11-13/h9,11,14-16H,2-8,10,22H2,1H3,(H2,23,30)(H2,24,32)(H,26,31)(H,27,33)(H,28,34). The van der Waals surface area contributed by atoms with Crippen molar-refractivity contribution in [2.24, 2.45) is 22.2 Å². The molecule has 5 amide bonds. The number of hydrogen-bond acceptors (Lipinski definition) is 8. The molecule has 34 heavy (non-hydrogen) atoms. The molecule has 3 unspecified atom stereocenters. The van der Waals surface area contributed by atoms with Crippen LogP contribution in [0.4, 0.5) is 0 Å². The summed E-state index contributed by atoms with van der Waals surface area (Å²) in [6.45, 7) is 1.42. The van der Waals surface area contributed by atoms with Crippen molar-refractivity contribution < 1.29 is 28.8 Å². The summed E-state index contributed by atoms with van der Waals surface area (Å²) in [7, 11) is 0. The minimum atomic E-state index is -1.25. The Morgan fingerprint density at radius 2 is 1.53 bits per heavy atom. The Bertz CT molecular complexity index is 855. The zero-order valence-electron chi connectivity index (χ0n) is 19.2. The van der Waals surface area contributed by atoms with Crippen molar-refractivity contribution in [3.8, 4) is 0 Å². The molecule has 1 aliphatic heterocycles. The maximum absolute atomic E-state index is 13.0. The van der Waals surface area contributed by atoms with Crippen LogP contribution in [0.5, 0.6) is 0 Å². The fourth-order valence-electron chi connectivity index (χ4n) is 3.12. The first-order valence-corrected chi connectivity index (χ1v) is 10.9. The molecule has 188 valence electrons. The van der Waals surface area contributed by atoms with Gasteiger partial charge in [0.15, 0.2) is 0 Å². The van der Waals surface area contributed by atoms with E-state index < -0.39 is 47.7 Å². The predicted molar refractivity (Wildman–Crippen MR) is 123 cm³/mol. The number of ketones is 1. The Labute approximate surface area is 197 Å². The van der Waals surface area contributed by atoms with Crippen molar-refractivity contribution in [1.29, 1.82) is 0 Å². The third-order valence-electron chi connectivity index (χ3n) is 4.96. The van der Waals surface area contributed by atoms with Crippen LogP contribution in [-0.4, -0.2) is 66.2 Å². The lowest BCUT2D eigenvalue weighted by atomic mass is 10.0. The maximum Gasteiger partial charge on any atom is 0.243 e. The summed E-state index contributed by atoms with van der Waals surface area (Å²) in [5, 5.41) is 7.50. The van der Waals surface area contributed by atoms with Gasteiger partial charge in [-0.2, -0.15) is 0 Å². The van der Waals surface area contributed by atoms with E-state index in [1.807, 2.05) is 0 Å². The maximum atomic E-state index is 13.0. The molecule has 0 bridgehead atoms. The van der Waals surface area contributed by atoms with E-state index in [9.17, 15) is 28.8 Å². The first-order valence-electron chi connectivity index (χ1n) is 10.9. The van der Waals surface area contributed by atoms with Crippen LogP contribution >= 0.6 is 0 Å². The van der Waals surface area contributed by atoms with Crippen LogP contribution in [0.25, 0.3) is 0 Å². The molecule has 13 heteroatoms. The largest absolute Gasteiger partial charge is 0.370 e. The van der Waals surface area contributed by atoms with E-state index in [2.05, 4.69) is 20.9 Å². The topological polar surface area (TPSA) is 229 Å². The molecule has 0 radical (unpaired) electrons. The molecule has 0 aromatic rings. The number of primary amides is 2. The van der Waals surface area contributed by atoms with E-state index in [4.69, 9.17) is 17.2 Å². The highest BCUT2D eigenvalue weighted by atomic mass is 16.2. The summed E-state index contributed by atoms with van der Waals surface area (Å²) in [4.78, 5) is 76.1. The van der Waals surface area contributed by atoms with Crippen LogP contribution in [0.2, 0.25) is 0 Å². The molecule has 0 saturated carbocycles. The Hall–Kier alpha value is -3.61. The molecule has 0 aromatic carbocycles. The number of carbonyl (C=O) groups is 6. The zero-order valence-corrected chi connectivity index (χ0v) is 19.2. The van der Waals surface area contributed by atoms with Crippen molar-refractivity contribution in [3.05, 3.63) is 11.8 Å². The highest BCUT2D eigenvalue weighted by molar-refractivity contribution is 5.94. The number of Topliss-reactive ketones (excluding diaryl/α,β-unsaturated/α-hetero) is 1. The lowest BCUT2D eigenvalue weighted by Gasteiger charge is -2.25. The summed E-state index contributed by atoms with van der Waals surface area (Å²) in [6.07, 6.45) is 3.52. The van der Waals surface area contributed by atoms with Crippen LogP contribution in [0.15, 0.2) is 16.8 Å². The number of nitrogens with zero attached hydrogens (tertiary/aromatic N) is 1. The van der Waals surface area contributed by atoms with Gasteiger partial charge in [-0.1, -0.05) is 0 Å². The van der Waals surface area contributed by atoms with Crippen molar-refractivity contribution in [1.82, 2.24) is 16.0 Å². The minimum Gasteiger partial charge on any atom is -0.370 e. The van der Waals surface area contributed by atoms with Gasteiger partial charge in [0, 0.05) is 44.6 Å². The van der Waals surface area contributed by atoms with E-state index in [1.54, 1.807) is 12.4 Å². The number of aliphatic imine (C=N–C) groups is 1. The van der Waals surface area contributed by atoms with Gasteiger partial charge in [-0.3, -0.25) is 29.0 Å². The van der Waals surface area contributed by atoms with Crippen LogP contribution in [0.3, 0.4) is 0 Å². The monoisotopic (exact) mass is 479 g/mol. The van der Waals surface area contributed by atoms with Gasteiger partial charge in [0.1, 0.15) is 23.9 Å². The number of carbonyl (C=O) groups excluding carboxylic acids is 6. The van der Waals surface area contributed by atoms with E-state index in [1.165, 1.54) is 6.92 Å². The van der Waals surface area contributed by atoms with Crippen LogP contribution in [0, 0.1) is 0 Å². The Kier molecular flexibility index (Phi) is 12.1. The quantitative estimate of drug-likeness (QED) is 0.141. The number of rotatable bonds is 16. The van der Waals surface area contributed by atoms with Gasteiger partial charge in [0.25, 0.3) is 0 Å². The predicted octanol–water partition coefficient (Wildman–Crippen LogP) is -2.34. The van der Waals surface area contributed by atoms with Gasteiger partial charge >= 0.3 is 0 Å². The molecule has 0 aliphatic carbocycles. The molecule has 9 N–H and O–H groups in total. The number of nitrogens with two attached hydrogens (primary N) is 3. The van der Waals surface area contributed by atoms with Gasteiger partial charge in [-0.05, 0) is 31.8 Å². The zero-order chi connectivity index (χ0) is 25.7. The molecular formula is C21H33N7O6. The fourth-order valence-corrected chi connectivity index (χ4v) is 3.12. The summed E-state index contributed by atoms with van der Waals surface area (Å²) in [5.74, 6) is -3.65. The lowest BCUT2D eigenvalue weighted by Crippen LogP contribution is -2.56. The second-order valence-electron chi connectivity index (χ2n) is 7.96. The van der Waals surface area contributed by atoms with Crippen LogP contribution in [0.1, 0.15) is 51.9 Å². The van der Waals surface area contributed by atoms with Crippen molar-refractivity contribution >= 4 is 41.5 Å². The number of nitrogens with one attached hydrogen (secondary N) is 3. The SMILES string of the molecule is CC(=O)CCC(NC(=O)C(CCC(N)=O)NC(=O)C(CC1=CN=CC1)NC(=O)CCN)C(N)=O. The molecule has 0 saturated heterocycles. The summed E-state index contributed by atoms with van der Waals surface area (Å²) < 4.78 is 0. The Balaban J connectivity index is 2.98. The fraction of sp³-hybridized carbons (Fsp3) is 0.571. The second-order valence-corrected chi connectivity index (χ2v) is 7.96. The average molecular weight is 480 g/mol.